The summed E-state index contributed by atoms with van der Waals surface area (Å²) < 4.78 is 5.77. The predicted molar refractivity (Wildman–Crippen MR) is 83.9 cm³/mol. The Balaban J connectivity index is 1.82. The van der Waals surface area contributed by atoms with E-state index in [2.05, 4.69) is 11.4 Å². The molecule has 0 radical (unpaired) electrons. The Bertz CT molecular complexity index is 825. The molecule has 0 saturated heterocycles. The largest absolute Gasteiger partial charge is 0.456 e. The van der Waals surface area contributed by atoms with E-state index in [0.717, 1.165) is 29.6 Å². The minimum atomic E-state index is -0.797. The zero-order chi connectivity index (χ0) is 14.4. The van der Waals surface area contributed by atoms with Gasteiger partial charge >= 0.3 is 0 Å². The maximum absolute atomic E-state index is 10.7. The van der Waals surface area contributed by atoms with Crippen LogP contribution in [0.2, 0.25) is 5.02 Å². The van der Waals surface area contributed by atoms with Crippen LogP contribution in [0.3, 0.4) is 0 Å². The van der Waals surface area contributed by atoms with E-state index in [-0.39, 0.29) is 0 Å². The second-order valence-electron chi connectivity index (χ2n) is 5.27. The van der Waals surface area contributed by atoms with Crippen LogP contribution in [0, 0.1) is 0 Å². The first-order valence-electron chi connectivity index (χ1n) is 6.96. The Morgan fingerprint density at radius 1 is 1.19 bits per heavy atom. The van der Waals surface area contributed by atoms with Gasteiger partial charge in [-0.05, 0) is 24.1 Å². The number of fused-ring (bicyclic) bond motifs is 2. The molecule has 0 amide bonds. The zero-order valence-corrected chi connectivity index (χ0v) is 12.0. The molecule has 1 aromatic heterocycles. The van der Waals surface area contributed by atoms with Crippen LogP contribution in [0.5, 0.6) is 0 Å². The fourth-order valence-electron chi connectivity index (χ4n) is 2.93. The Morgan fingerprint density at radius 3 is 2.90 bits per heavy atom. The van der Waals surface area contributed by atoms with Crippen LogP contribution in [0.1, 0.15) is 23.0 Å². The molecule has 0 aliphatic carbocycles. The Kier molecular flexibility index (Phi) is 2.91. The lowest BCUT2D eigenvalue weighted by Gasteiger charge is -2.13. The summed E-state index contributed by atoms with van der Waals surface area (Å²) in [4.78, 5) is 0. The van der Waals surface area contributed by atoms with Gasteiger partial charge < -0.3 is 14.8 Å². The van der Waals surface area contributed by atoms with Gasteiger partial charge in [-0.15, -0.1) is 0 Å². The molecular formula is C17H14ClNO2. The van der Waals surface area contributed by atoms with Crippen LogP contribution >= 0.6 is 11.6 Å². The topological polar surface area (TPSA) is 45.4 Å². The smallest absolute Gasteiger partial charge is 0.153 e. The number of furan rings is 1. The second kappa shape index (κ2) is 4.79. The molecule has 0 fully saturated rings. The minimum absolute atomic E-state index is 0.514. The van der Waals surface area contributed by atoms with E-state index >= 15 is 0 Å². The van der Waals surface area contributed by atoms with Crippen molar-refractivity contribution >= 4 is 28.3 Å². The molecular weight excluding hydrogens is 286 g/mol. The lowest BCUT2D eigenvalue weighted by molar-refractivity contribution is 0.193. The lowest BCUT2D eigenvalue weighted by Crippen LogP contribution is -2.02. The first kappa shape index (κ1) is 12.7. The first-order valence-corrected chi connectivity index (χ1v) is 7.33. The number of anilines is 1. The summed E-state index contributed by atoms with van der Waals surface area (Å²) in [5.41, 5.74) is 3.73. The third kappa shape index (κ3) is 2.01. The van der Waals surface area contributed by atoms with Gasteiger partial charge in [-0.2, -0.15) is 0 Å². The maximum Gasteiger partial charge on any atom is 0.153 e. The van der Waals surface area contributed by atoms with Crippen molar-refractivity contribution in [2.45, 2.75) is 12.5 Å². The van der Waals surface area contributed by atoms with Crippen molar-refractivity contribution in [1.82, 2.24) is 0 Å². The van der Waals surface area contributed by atoms with Gasteiger partial charge in [-0.25, -0.2) is 0 Å². The molecule has 0 saturated carbocycles. The number of halogens is 1. The molecule has 2 aromatic carbocycles. The molecule has 1 aliphatic rings. The number of nitrogens with one attached hydrogen (secondary N) is 1. The fourth-order valence-corrected chi connectivity index (χ4v) is 3.15. The average Bonchev–Trinajstić information content (AvgIpc) is 3.13. The van der Waals surface area contributed by atoms with Crippen LogP contribution in [-0.2, 0) is 6.42 Å². The molecule has 21 heavy (non-hydrogen) atoms. The standard InChI is InChI=1S/C17H14ClNO2/c18-13-6-2-4-11-9-14(21-17(11)13)16(20)12-5-1-3-10-7-8-19-15(10)12/h1-6,9,16,19-20H,7-8H2. The van der Waals surface area contributed by atoms with E-state index in [4.69, 9.17) is 16.0 Å². The summed E-state index contributed by atoms with van der Waals surface area (Å²) in [7, 11) is 0. The SMILES string of the molecule is OC(c1cc2cccc(Cl)c2o1)c1cccc2c1NCC2. The van der Waals surface area contributed by atoms with Gasteiger partial charge in [0.05, 0.1) is 5.02 Å². The molecule has 4 heteroatoms. The van der Waals surface area contributed by atoms with Crippen LogP contribution in [0.25, 0.3) is 11.0 Å². The van der Waals surface area contributed by atoms with Crippen LogP contribution in [0.15, 0.2) is 46.9 Å². The number of hydrogen-bond donors (Lipinski definition) is 2. The quantitative estimate of drug-likeness (QED) is 0.747. The molecule has 106 valence electrons. The van der Waals surface area contributed by atoms with E-state index in [1.165, 1.54) is 5.56 Å². The van der Waals surface area contributed by atoms with Crippen molar-refractivity contribution < 1.29 is 9.52 Å². The highest BCUT2D eigenvalue weighted by atomic mass is 35.5. The normalized spacial score (nSPS) is 15.0. The molecule has 4 rings (SSSR count). The number of hydrogen-bond acceptors (Lipinski definition) is 3. The van der Waals surface area contributed by atoms with Gasteiger partial charge in [-0.3, -0.25) is 0 Å². The van der Waals surface area contributed by atoms with Crippen molar-refractivity contribution in [1.29, 1.82) is 0 Å². The lowest BCUT2D eigenvalue weighted by atomic mass is 10.0. The van der Waals surface area contributed by atoms with E-state index in [9.17, 15) is 5.11 Å². The van der Waals surface area contributed by atoms with Gasteiger partial charge in [-0.1, -0.05) is 41.9 Å². The number of benzene rings is 2. The monoisotopic (exact) mass is 299 g/mol. The summed E-state index contributed by atoms with van der Waals surface area (Å²) in [5.74, 6) is 0.514. The molecule has 1 atom stereocenters. The number of rotatable bonds is 2. The van der Waals surface area contributed by atoms with Crippen molar-refractivity contribution in [2.24, 2.45) is 0 Å². The number of aliphatic hydroxyl groups excluding tert-OH is 1. The summed E-state index contributed by atoms with van der Waals surface area (Å²) >= 11 is 6.13. The summed E-state index contributed by atoms with van der Waals surface area (Å²) in [6.45, 7) is 0.908. The number of aliphatic hydroxyl groups is 1. The Hall–Kier alpha value is -1.97. The van der Waals surface area contributed by atoms with Gasteiger partial charge in [0, 0.05) is 23.2 Å². The van der Waals surface area contributed by atoms with Crippen LogP contribution in [-0.4, -0.2) is 11.7 Å². The molecule has 2 N–H and O–H groups in total. The first-order chi connectivity index (χ1) is 10.2. The Morgan fingerprint density at radius 2 is 2.05 bits per heavy atom. The van der Waals surface area contributed by atoms with E-state index in [0.29, 0.717) is 16.4 Å². The fraction of sp³-hybridized carbons (Fsp3) is 0.176. The van der Waals surface area contributed by atoms with Gasteiger partial charge in [0.25, 0.3) is 0 Å². The van der Waals surface area contributed by atoms with Crippen LogP contribution < -0.4 is 5.32 Å². The van der Waals surface area contributed by atoms with Gasteiger partial charge in [0.2, 0.25) is 0 Å². The molecule has 3 aromatic rings. The highest BCUT2D eigenvalue weighted by molar-refractivity contribution is 6.34. The van der Waals surface area contributed by atoms with Crippen molar-refractivity contribution in [3.8, 4) is 0 Å². The van der Waals surface area contributed by atoms with Crippen molar-refractivity contribution in [3.63, 3.8) is 0 Å². The van der Waals surface area contributed by atoms with E-state index < -0.39 is 6.10 Å². The molecule has 3 nitrogen and oxygen atoms in total. The molecule has 1 aliphatic heterocycles. The summed E-state index contributed by atoms with van der Waals surface area (Å²) in [6.07, 6.45) is 0.191. The highest BCUT2D eigenvalue weighted by Crippen LogP contribution is 2.36. The van der Waals surface area contributed by atoms with E-state index in [1.54, 1.807) is 6.07 Å². The van der Waals surface area contributed by atoms with Crippen molar-refractivity contribution in [2.75, 3.05) is 11.9 Å². The molecule has 0 bridgehead atoms. The molecule has 2 heterocycles. The predicted octanol–water partition coefficient (Wildman–Crippen LogP) is 4.14. The second-order valence-corrected chi connectivity index (χ2v) is 5.67. The Labute approximate surface area is 127 Å². The summed E-state index contributed by atoms with van der Waals surface area (Å²) in [6, 6.07) is 13.4. The van der Waals surface area contributed by atoms with Crippen molar-refractivity contribution in [3.05, 3.63) is 64.4 Å². The van der Waals surface area contributed by atoms with Gasteiger partial charge in [0.15, 0.2) is 5.58 Å². The molecule has 0 spiro atoms. The minimum Gasteiger partial charge on any atom is -0.456 e. The average molecular weight is 300 g/mol. The van der Waals surface area contributed by atoms with Gasteiger partial charge in [0.1, 0.15) is 11.9 Å². The third-order valence-electron chi connectivity index (χ3n) is 3.96. The van der Waals surface area contributed by atoms with E-state index in [1.807, 2.05) is 30.3 Å². The third-order valence-corrected chi connectivity index (χ3v) is 4.26. The molecule has 1 unspecified atom stereocenters. The summed E-state index contributed by atoms with van der Waals surface area (Å²) in [5, 5.41) is 15.5. The highest BCUT2D eigenvalue weighted by Gasteiger charge is 2.23. The zero-order valence-electron chi connectivity index (χ0n) is 11.3. The van der Waals surface area contributed by atoms with Crippen LogP contribution in [0.4, 0.5) is 5.69 Å². The number of para-hydroxylation sites is 2. The maximum atomic E-state index is 10.7.